The minimum absolute atomic E-state index is 0.981. The van der Waals surface area contributed by atoms with Gasteiger partial charge in [0.25, 0.3) is 0 Å². The van der Waals surface area contributed by atoms with Crippen LogP contribution in [0.15, 0.2) is 23.3 Å². The van der Waals surface area contributed by atoms with Crippen molar-refractivity contribution in [3.63, 3.8) is 0 Å². The van der Waals surface area contributed by atoms with Gasteiger partial charge in [-0.2, -0.15) is 0 Å². The molecule has 1 aromatic carbocycles. The molecule has 0 saturated heterocycles. The molecule has 0 aliphatic carbocycles. The van der Waals surface area contributed by atoms with Crippen LogP contribution in [0.5, 0.6) is 0 Å². The number of rotatable bonds is 0. The average Bonchev–Trinajstić information content (AvgIpc) is 2.33. The predicted molar refractivity (Wildman–Crippen MR) is 61.5 cm³/mol. The van der Waals surface area contributed by atoms with Gasteiger partial charge in [-0.25, -0.2) is 0 Å². The van der Waals surface area contributed by atoms with Gasteiger partial charge < -0.3 is 0 Å². The molecule has 1 aliphatic rings. The Morgan fingerprint density at radius 3 is 2.82 bits per heavy atom. The Morgan fingerprint density at radius 1 is 1.18 bits per heavy atom. The molecule has 1 radical (unpaired) electrons. The monoisotopic (exact) mass is 369 g/mol. The number of hydrogen-bond donors (Lipinski definition) is 0. The summed E-state index contributed by atoms with van der Waals surface area (Å²) < 4.78 is 2.21. The largest absolute Gasteiger partial charge is 0.149 e. The van der Waals surface area contributed by atoms with Crippen molar-refractivity contribution in [2.75, 3.05) is 0 Å². The third-order valence-electron chi connectivity index (χ3n) is 1.43. The van der Waals surface area contributed by atoms with E-state index >= 15 is 0 Å². The summed E-state index contributed by atoms with van der Waals surface area (Å²) in [5, 5.41) is 3.97. The second kappa shape index (κ2) is 2.89. The van der Waals surface area contributed by atoms with E-state index in [1.807, 2.05) is 12.1 Å². The molecule has 0 aromatic heterocycles. The normalized spacial score (nSPS) is 13.8. The zero-order valence-corrected chi connectivity index (χ0v) is 9.70. The highest BCUT2D eigenvalue weighted by molar-refractivity contribution is 14.1. The molecule has 0 saturated carbocycles. The number of halogens is 2. The summed E-state index contributed by atoms with van der Waals surface area (Å²) in [4.78, 5) is 0. The lowest BCUT2D eigenvalue weighted by atomic mass is 10.2. The highest BCUT2D eigenvalue weighted by atomic mass is 127. The molecule has 0 N–H and O–H groups in total. The van der Waals surface area contributed by atoms with Gasteiger partial charge in [0, 0.05) is 9.13 Å². The molecule has 0 unspecified atom stereocenters. The van der Waals surface area contributed by atoms with Gasteiger partial charge in [-0.15, -0.1) is 10.5 Å². The van der Waals surface area contributed by atoms with Crippen LogP contribution in [-0.4, -0.2) is 3.72 Å². The van der Waals surface area contributed by atoms with E-state index in [2.05, 4.69) is 61.8 Å². The fourth-order valence-electron chi connectivity index (χ4n) is 0.912. The van der Waals surface area contributed by atoms with Crippen molar-refractivity contribution < 1.29 is 0 Å². The van der Waals surface area contributed by atoms with E-state index in [1.165, 1.54) is 3.57 Å². The predicted octanol–water partition coefficient (Wildman–Crippen LogP) is 2.64. The topological polar surface area (TPSA) is 26.5 Å². The van der Waals surface area contributed by atoms with Gasteiger partial charge in [0.1, 0.15) is 3.72 Å². The molecule has 0 amide bonds. The second-order valence-corrected chi connectivity index (χ2v) is 4.42. The smallest absolute Gasteiger partial charge is 0.133 e. The lowest BCUT2D eigenvalue weighted by Crippen LogP contribution is -1.85. The van der Waals surface area contributed by atoms with E-state index < -0.39 is 0 Å². The first-order valence-corrected chi connectivity index (χ1v) is 5.17. The molecular formula is C7H3I2N2. The van der Waals surface area contributed by atoms with E-state index in [9.17, 15) is 0 Å². The van der Waals surface area contributed by atoms with E-state index in [0.717, 1.165) is 15.0 Å². The molecule has 0 atom stereocenters. The van der Waals surface area contributed by atoms with Crippen molar-refractivity contribution in [1.29, 1.82) is 0 Å². The number of hydrogen-bond acceptors (Lipinski definition) is 1. The first-order chi connectivity index (χ1) is 5.27. The minimum atomic E-state index is 0.981. The van der Waals surface area contributed by atoms with Crippen LogP contribution < -0.4 is 5.43 Å². The second-order valence-electron chi connectivity index (χ2n) is 2.15. The van der Waals surface area contributed by atoms with Gasteiger partial charge in [-0.3, -0.25) is 0 Å². The third-order valence-corrected chi connectivity index (χ3v) is 2.89. The Labute approximate surface area is 91.7 Å². The van der Waals surface area contributed by atoms with Crippen molar-refractivity contribution >= 4 is 54.6 Å². The Hall–Kier alpha value is 0.150. The van der Waals surface area contributed by atoms with Crippen molar-refractivity contribution in [3.05, 3.63) is 27.3 Å². The van der Waals surface area contributed by atoms with Crippen LogP contribution in [0.4, 0.5) is 5.69 Å². The minimum Gasteiger partial charge on any atom is -0.149 e. The van der Waals surface area contributed by atoms with E-state index in [-0.39, 0.29) is 0 Å². The van der Waals surface area contributed by atoms with Crippen LogP contribution >= 0.6 is 45.2 Å². The summed E-state index contributed by atoms with van der Waals surface area (Å²) in [6.45, 7) is 0. The van der Waals surface area contributed by atoms with Gasteiger partial charge in [0.2, 0.25) is 0 Å². The Morgan fingerprint density at radius 2 is 2.00 bits per heavy atom. The number of fused-ring (bicyclic) bond motifs is 1. The summed E-state index contributed by atoms with van der Waals surface area (Å²) >= 11 is 4.48. The first-order valence-electron chi connectivity index (χ1n) is 3.01. The van der Waals surface area contributed by atoms with Crippen LogP contribution in [0.3, 0.4) is 0 Å². The zero-order chi connectivity index (χ0) is 7.84. The summed E-state index contributed by atoms with van der Waals surface area (Å²) in [6, 6.07) is 6.12. The molecule has 1 aliphatic heterocycles. The van der Waals surface area contributed by atoms with E-state index in [4.69, 9.17) is 0 Å². The molecule has 2 rings (SSSR count). The van der Waals surface area contributed by atoms with Gasteiger partial charge in [0.15, 0.2) is 0 Å². The maximum Gasteiger partial charge on any atom is 0.133 e. The molecule has 55 valence electrons. The standard InChI is InChI=1S/C7H3I2N2/c8-4-1-2-6-5(3-4)7(9)11-10-6/h1-3H. The lowest BCUT2D eigenvalue weighted by Gasteiger charge is -1.95. The van der Waals surface area contributed by atoms with Crippen LogP contribution in [0.1, 0.15) is 5.56 Å². The molecule has 4 heteroatoms. The van der Waals surface area contributed by atoms with Crippen LogP contribution in [0, 0.1) is 3.57 Å². The Balaban J connectivity index is 2.60. The maximum atomic E-state index is 4.00. The van der Waals surface area contributed by atoms with Crippen molar-refractivity contribution in [3.8, 4) is 0 Å². The van der Waals surface area contributed by atoms with Gasteiger partial charge >= 0.3 is 0 Å². The lowest BCUT2D eigenvalue weighted by molar-refractivity contribution is 0.991. The summed E-state index contributed by atoms with van der Waals surface area (Å²) in [5.74, 6) is 0. The van der Waals surface area contributed by atoms with Crippen molar-refractivity contribution in [2.45, 2.75) is 0 Å². The van der Waals surface area contributed by atoms with Crippen LogP contribution in [0.25, 0.3) is 0 Å². The van der Waals surface area contributed by atoms with Gasteiger partial charge in [0.05, 0.1) is 5.69 Å². The van der Waals surface area contributed by atoms with Crippen LogP contribution in [0.2, 0.25) is 0 Å². The van der Waals surface area contributed by atoms with E-state index in [1.54, 1.807) is 0 Å². The molecule has 2 nitrogen and oxygen atoms in total. The molecule has 1 aromatic rings. The summed E-state index contributed by atoms with van der Waals surface area (Å²) in [6.07, 6.45) is 0. The molecule has 1 heterocycles. The quantitative estimate of drug-likeness (QED) is 0.629. The van der Waals surface area contributed by atoms with Crippen molar-refractivity contribution in [2.24, 2.45) is 5.10 Å². The molecular weight excluding hydrogens is 366 g/mol. The van der Waals surface area contributed by atoms with E-state index in [0.29, 0.717) is 0 Å². The number of nitrogens with zero attached hydrogens (tertiary/aromatic N) is 2. The molecule has 0 fully saturated rings. The summed E-state index contributed by atoms with van der Waals surface area (Å²) in [7, 11) is 0. The van der Waals surface area contributed by atoms with Gasteiger partial charge in [-0.1, -0.05) is 0 Å². The van der Waals surface area contributed by atoms with Crippen molar-refractivity contribution in [1.82, 2.24) is 5.43 Å². The Bertz CT molecular complexity index is 333. The fraction of sp³-hybridized carbons (Fsp3) is 0. The molecule has 0 spiro atoms. The van der Waals surface area contributed by atoms with Gasteiger partial charge in [-0.05, 0) is 63.4 Å². The highest BCUT2D eigenvalue weighted by Gasteiger charge is 2.14. The first kappa shape index (κ1) is 7.78. The molecule has 11 heavy (non-hydrogen) atoms. The summed E-state index contributed by atoms with van der Waals surface area (Å²) in [5.41, 5.74) is 6.13. The van der Waals surface area contributed by atoms with Crippen LogP contribution in [-0.2, 0) is 0 Å². The third kappa shape index (κ3) is 1.37. The SMILES string of the molecule is IC1=N[N]c2ccc(I)cc21. The maximum absolute atomic E-state index is 4.00. The fourth-order valence-corrected chi connectivity index (χ4v) is 1.94. The average molecular weight is 369 g/mol. The Kier molecular flexibility index (Phi) is 2.04. The zero-order valence-electron chi connectivity index (χ0n) is 5.38. The molecule has 0 bridgehead atoms. The highest BCUT2D eigenvalue weighted by Crippen LogP contribution is 2.26. The number of benzene rings is 1.